The Morgan fingerprint density at radius 3 is 1.74 bits per heavy atom. The van der Waals surface area contributed by atoms with Crippen LogP contribution >= 0.6 is 50.7 Å². The van der Waals surface area contributed by atoms with Gasteiger partial charge in [-0.2, -0.15) is 0 Å². The van der Waals surface area contributed by atoms with Gasteiger partial charge in [0.2, 0.25) is 17.7 Å². The Hall–Kier alpha value is -3.16. The highest BCUT2D eigenvalue weighted by atomic mass is 79.9. The first-order chi connectivity index (χ1) is 20.2. The third-order valence-electron chi connectivity index (χ3n) is 8.69. The Kier molecular flexibility index (Phi) is 6.55. The number of carbonyl (C=O) groups is 3. The Bertz CT molecular complexity index is 1680. The number of alkyl halides is 2. The van der Waals surface area contributed by atoms with Gasteiger partial charge in [0.15, 0.2) is 0 Å². The van der Waals surface area contributed by atoms with Gasteiger partial charge in [-0.15, -0.1) is 23.2 Å². The number of likely N-dealkylation sites (tertiary alicyclic amines) is 1. The second-order valence-corrected chi connectivity index (χ2v) is 13.3. The molecule has 2 bridgehead atoms. The first-order valence-corrected chi connectivity index (χ1v) is 15.3. The summed E-state index contributed by atoms with van der Waals surface area (Å²) < 4.78 is 0.673. The lowest BCUT2D eigenvalue weighted by molar-refractivity contribution is -0.146. The molecule has 0 radical (unpaired) electrons. The number of nitrogens with one attached hydrogen (secondary N) is 1. The molecule has 4 aliphatic rings. The van der Waals surface area contributed by atoms with E-state index in [0.717, 1.165) is 10.5 Å². The van der Waals surface area contributed by atoms with Crippen LogP contribution in [0.15, 0.2) is 102 Å². The van der Waals surface area contributed by atoms with Gasteiger partial charge in [-0.1, -0.05) is 90.5 Å². The second-order valence-electron chi connectivity index (χ2n) is 10.8. The Morgan fingerprint density at radius 1 is 0.786 bits per heavy atom. The normalized spacial score (nSPS) is 26.0. The maximum atomic E-state index is 14.5. The molecule has 42 heavy (non-hydrogen) atoms. The van der Waals surface area contributed by atoms with E-state index in [1.54, 1.807) is 18.2 Å². The lowest BCUT2D eigenvalue weighted by atomic mass is 9.54. The van der Waals surface area contributed by atoms with Crippen molar-refractivity contribution in [2.45, 2.75) is 22.2 Å². The van der Waals surface area contributed by atoms with Crippen molar-refractivity contribution in [2.75, 3.05) is 5.32 Å². The van der Waals surface area contributed by atoms with Gasteiger partial charge in [-0.25, -0.2) is 0 Å². The molecular formula is C33H22BrCl3N2O3. The zero-order valence-electron chi connectivity index (χ0n) is 21.9. The van der Waals surface area contributed by atoms with Crippen molar-refractivity contribution in [3.8, 4) is 0 Å². The summed E-state index contributed by atoms with van der Waals surface area (Å²) in [6, 6.07) is 28.0. The minimum absolute atomic E-state index is 0.109. The molecule has 4 aromatic carbocycles. The number of amides is 3. The smallest absolute Gasteiger partial charge is 0.248 e. The van der Waals surface area contributed by atoms with Crippen LogP contribution < -0.4 is 5.32 Å². The highest BCUT2D eigenvalue weighted by Crippen LogP contribution is 2.69. The second kappa shape index (κ2) is 9.95. The monoisotopic (exact) mass is 678 g/mol. The predicted octanol–water partition coefficient (Wildman–Crippen LogP) is 7.25. The van der Waals surface area contributed by atoms with Crippen LogP contribution in [-0.2, 0) is 30.6 Å². The molecule has 4 aromatic rings. The van der Waals surface area contributed by atoms with Crippen LogP contribution in [0.2, 0.25) is 5.02 Å². The molecule has 1 heterocycles. The molecule has 210 valence electrons. The van der Waals surface area contributed by atoms with Gasteiger partial charge >= 0.3 is 0 Å². The van der Waals surface area contributed by atoms with E-state index >= 15 is 0 Å². The maximum Gasteiger partial charge on any atom is 0.248 e. The van der Waals surface area contributed by atoms with Crippen LogP contribution in [0.1, 0.15) is 27.8 Å². The van der Waals surface area contributed by atoms with E-state index < -0.39 is 45.3 Å². The number of hydrogen-bond acceptors (Lipinski definition) is 3. The molecule has 0 unspecified atom stereocenters. The van der Waals surface area contributed by atoms with E-state index in [9.17, 15) is 14.4 Å². The van der Waals surface area contributed by atoms with Crippen molar-refractivity contribution in [3.63, 3.8) is 0 Å². The fourth-order valence-corrected chi connectivity index (χ4v) is 8.46. The fraction of sp³-hybridized carbons (Fsp3) is 0.182. The zero-order valence-corrected chi connectivity index (χ0v) is 25.7. The molecule has 1 fully saturated rings. The summed E-state index contributed by atoms with van der Waals surface area (Å²) in [5.41, 5.74) is 4.05. The molecule has 3 amide bonds. The van der Waals surface area contributed by atoms with Crippen molar-refractivity contribution in [1.29, 1.82) is 0 Å². The molecule has 0 spiro atoms. The number of benzene rings is 4. The molecule has 1 N–H and O–H groups in total. The lowest BCUT2D eigenvalue weighted by Gasteiger charge is -2.54. The Balaban J connectivity index is 1.36. The first kappa shape index (κ1) is 27.7. The summed E-state index contributed by atoms with van der Waals surface area (Å²) in [6.07, 6.45) is 0.109. The van der Waals surface area contributed by atoms with Crippen molar-refractivity contribution in [3.05, 3.63) is 134 Å². The summed E-state index contributed by atoms with van der Waals surface area (Å²) in [6.45, 7) is 0. The standard InChI is InChI=1S/C33H22BrCl3N2O3/c34-24-15-14-19(17-25(24)35)38-29(40)26(16-18-8-2-1-3-9-18)39-30(41)27-28(31(39)42)33(37)21-11-5-4-10-20(21)32(27,36)22-12-6-7-13-23(22)33/h1-15,17,26-28H,16H2,(H,38,40)/t26-,27+,28+,32?,33?/m0/s1. The number of imide groups is 1. The Morgan fingerprint density at radius 2 is 1.26 bits per heavy atom. The van der Waals surface area contributed by atoms with Crippen LogP contribution in [0.25, 0.3) is 0 Å². The minimum Gasteiger partial charge on any atom is -0.324 e. The number of carbonyl (C=O) groups excluding carboxylic acids is 3. The van der Waals surface area contributed by atoms with Gasteiger partial charge in [0.25, 0.3) is 0 Å². The molecule has 3 atom stereocenters. The van der Waals surface area contributed by atoms with E-state index in [2.05, 4.69) is 21.2 Å². The summed E-state index contributed by atoms with van der Waals surface area (Å²) in [5.74, 6) is -3.55. The van der Waals surface area contributed by atoms with Crippen LogP contribution in [0.5, 0.6) is 0 Å². The lowest BCUT2D eigenvalue weighted by Crippen LogP contribution is -2.57. The molecule has 1 aliphatic heterocycles. The third-order valence-corrected chi connectivity index (χ3v) is 11.2. The summed E-state index contributed by atoms with van der Waals surface area (Å²) in [4.78, 5) is 41.5. The van der Waals surface area contributed by atoms with Gasteiger partial charge in [-0.05, 0) is 61.9 Å². The minimum atomic E-state index is -1.33. The molecular weight excluding hydrogens is 659 g/mol. The van der Waals surface area contributed by atoms with E-state index in [-0.39, 0.29) is 6.42 Å². The van der Waals surface area contributed by atoms with Gasteiger partial charge in [0, 0.05) is 16.6 Å². The first-order valence-electron chi connectivity index (χ1n) is 13.4. The predicted molar refractivity (Wildman–Crippen MR) is 167 cm³/mol. The van der Waals surface area contributed by atoms with Crippen LogP contribution in [0, 0.1) is 11.8 Å². The van der Waals surface area contributed by atoms with E-state index in [4.69, 9.17) is 34.8 Å². The molecule has 9 heteroatoms. The number of nitrogens with zero attached hydrogens (tertiary/aromatic N) is 1. The molecule has 0 saturated carbocycles. The van der Waals surface area contributed by atoms with E-state index in [1.165, 1.54) is 0 Å². The number of halogens is 4. The highest BCUT2D eigenvalue weighted by Gasteiger charge is 2.73. The topological polar surface area (TPSA) is 66.5 Å². The number of anilines is 1. The van der Waals surface area contributed by atoms with Crippen LogP contribution in [0.4, 0.5) is 5.69 Å². The molecule has 3 aliphatic carbocycles. The molecule has 5 nitrogen and oxygen atoms in total. The summed E-state index contributed by atoms with van der Waals surface area (Å²) in [7, 11) is 0. The van der Waals surface area contributed by atoms with Crippen molar-refractivity contribution < 1.29 is 14.4 Å². The number of hydrogen-bond donors (Lipinski definition) is 1. The molecule has 8 rings (SSSR count). The maximum absolute atomic E-state index is 14.5. The van der Waals surface area contributed by atoms with Gasteiger partial charge in [-0.3, -0.25) is 19.3 Å². The van der Waals surface area contributed by atoms with Crippen molar-refractivity contribution >= 4 is 74.1 Å². The average molecular weight is 681 g/mol. The van der Waals surface area contributed by atoms with Gasteiger partial charge in [0.1, 0.15) is 15.8 Å². The van der Waals surface area contributed by atoms with Crippen molar-refractivity contribution in [1.82, 2.24) is 4.90 Å². The SMILES string of the molecule is O=C(Nc1ccc(Br)c(Cl)c1)[C@H](Cc1ccccc1)N1C(=O)[C@H]2[C@H](C1=O)C1(Cl)c3ccccc3C2(Cl)c2ccccc21. The van der Waals surface area contributed by atoms with Gasteiger partial charge < -0.3 is 5.32 Å². The fourth-order valence-electron chi connectivity index (χ4n) is 6.93. The Labute approximate surface area is 265 Å². The average Bonchev–Trinajstić information content (AvgIpc) is 3.27. The van der Waals surface area contributed by atoms with Crippen molar-refractivity contribution in [2.24, 2.45) is 11.8 Å². The van der Waals surface area contributed by atoms with Crippen LogP contribution in [-0.4, -0.2) is 28.7 Å². The zero-order chi connectivity index (χ0) is 29.4. The third kappa shape index (κ3) is 3.78. The number of rotatable bonds is 5. The largest absolute Gasteiger partial charge is 0.324 e. The van der Waals surface area contributed by atoms with E-state index in [0.29, 0.717) is 37.4 Å². The quantitative estimate of drug-likeness (QED) is 0.179. The van der Waals surface area contributed by atoms with Crippen LogP contribution in [0.3, 0.4) is 0 Å². The van der Waals surface area contributed by atoms with Gasteiger partial charge in [0.05, 0.1) is 16.9 Å². The van der Waals surface area contributed by atoms with E-state index in [1.807, 2.05) is 78.9 Å². The highest BCUT2D eigenvalue weighted by molar-refractivity contribution is 9.10. The summed E-state index contributed by atoms with van der Waals surface area (Å²) >= 11 is 24.8. The summed E-state index contributed by atoms with van der Waals surface area (Å²) in [5, 5.41) is 3.27. The molecule has 1 saturated heterocycles. The molecule has 0 aromatic heterocycles.